The summed E-state index contributed by atoms with van der Waals surface area (Å²) < 4.78 is 26.9. The second kappa shape index (κ2) is 8.10. The zero-order chi connectivity index (χ0) is 18.7. The van der Waals surface area contributed by atoms with E-state index in [-0.39, 0.29) is 28.9 Å². The summed E-state index contributed by atoms with van der Waals surface area (Å²) in [6.07, 6.45) is 3.28. The Labute approximate surface area is 166 Å². The lowest BCUT2D eigenvalue weighted by Gasteiger charge is -2.33. The number of rotatable bonds is 4. The average Bonchev–Trinajstić information content (AvgIpc) is 3.15. The third kappa shape index (κ3) is 4.29. The Balaban J connectivity index is 1.66. The number of sulfonamides is 1. The van der Waals surface area contributed by atoms with Crippen molar-refractivity contribution in [1.29, 1.82) is 0 Å². The number of thiophene rings is 1. The zero-order valence-corrected chi connectivity index (χ0v) is 16.8. The number of hydrogen-bond donors (Lipinski definition) is 0. The monoisotopic (exact) mass is 430 g/mol. The van der Waals surface area contributed by atoms with Gasteiger partial charge in [0.15, 0.2) is 0 Å². The molecule has 0 bridgehead atoms. The van der Waals surface area contributed by atoms with Gasteiger partial charge in [0.05, 0.1) is 5.02 Å². The fourth-order valence-corrected chi connectivity index (χ4v) is 5.39. The van der Waals surface area contributed by atoms with Gasteiger partial charge in [0.2, 0.25) is 15.9 Å². The molecule has 9 heteroatoms. The predicted octanol–water partition coefficient (Wildman–Crippen LogP) is 3.60. The highest BCUT2D eigenvalue weighted by atomic mass is 35.5. The van der Waals surface area contributed by atoms with Crippen LogP contribution < -0.4 is 0 Å². The Kier molecular flexibility index (Phi) is 6.04. The first-order valence-electron chi connectivity index (χ1n) is 7.83. The van der Waals surface area contributed by atoms with Gasteiger partial charge < -0.3 is 4.90 Å². The number of benzene rings is 1. The molecule has 0 aliphatic carbocycles. The van der Waals surface area contributed by atoms with Crippen molar-refractivity contribution < 1.29 is 13.2 Å². The van der Waals surface area contributed by atoms with Gasteiger partial charge in [-0.3, -0.25) is 4.79 Å². The Bertz CT molecular complexity index is 919. The van der Waals surface area contributed by atoms with Gasteiger partial charge in [-0.15, -0.1) is 11.3 Å². The fourth-order valence-electron chi connectivity index (χ4n) is 2.61. The third-order valence-corrected chi connectivity index (χ3v) is 7.45. The molecule has 2 heterocycles. The maximum atomic E-state index is 12.8. The van der Waals surface area contributed by atoms with Crippen LogP contribution in [0.5, 0.6) is 0 Å². The summed E-state index contributed by atoms with van der Waals surface area (Å²) in [7, 11) is -3.75. The molecule has 2 aromatic rings. The highest BCUT2D eigenvalue weighted by Gasteiger charge is 2.31. The highest BCUT2D eigenvalue weighted by molar-refractivity contribution is 7.89. The molecule has 138 valence electrons. The Hall–Kier alpha value is -1.38. The Morgan fingerprint density at radius 2 is 1.85 bits per heavy atom. The van der Waals surface area contributed by atoms with Gasteiger partial charge in [0, 0.05) is 42.2 Å². The van der Waals surface area contributed by atoms with Gasteiger partial charge in [-0.25, -0.2) is 8.42 Å². The van der Waals surface area contributed by atoms with Crippen molar-refractivity contribution in [2.45, 2.75) is 4.90 Å². The van der Waals surface area contributed by atoms with Crippen LogP contribution in [0, 0.1) is 0 Å². The summed E-state index contributed by atoms with van der Waals surface area (Å²) in [6, 6.07) is 8.19. The largest absolute Gasteiger partial charge is 0.337 e. The molecule has 0 spiro atoms. The van der Waals surface area contributed by atoms with Gasteiger partial charge in [-0.1, -0.05) is 29.3 Å². The number of halogens is 2. The van der Waals surface area contributed by atoms with E-state index in [1.165, 1.54) is 22.5 Å². The topological polar surface area (TPSA) is 57.7 Å². The molecule has 1 fully saturated rings. The summed E-state index contributed by atoms with van der Waals surface area (Å²) in [6.45, 7) is 1.07. The van der Waals surface area contributed by atoms with E-state index in [9.17, 15) is 13.2 Å². The minimum absolute atomic E-state index is 0.0102. The van der Waals surface area contributed by atoms with E-state index >= 15 is 0 Å². The van der Waals surface area contributed by atoms with Crippen molar-refractivity contribution in [2.75, 3.05) is 26.2 Å². The van der Waals surface area contributed by atoms with Crippen molar-refractivity contribution in [2.24, 2.45) is 0 Å². The maximum absolute atomic E-state index is 12.8. The summed E-state index contributed by atoms with van der Waals surface area (Å²) in [5, 5.41) is 2.38. The minimum atomic E-state index is -3.75. The fraction of sp³-hybridized carbons (Fsp3) is 0.235. The van der Waals surface area contributed by atoms with Crippen molar-refractivity contribution in [3.8, 4) is 0 Å². The zero-order valence-electron chi connectivity index (χ0n) is 13.6. The standard InChI is InChI=1S/C17H16Cl2N2O3S2/c18-13-3-5-15(19)16(12-13)26(23,24)21-9-7-20(8-10-21)17(22)6-4-14-2-1-11-25-14/h1-6,11-12H,7-10H2. The molecule has 1 aromatic heterocycles. The lowest BCUT2D eigenvalue weighted by molar-refractivity contribution is -0.127. The number of carbonyl (C=O) groups excluding carboxylic acids is 1. The molecule has 0 saturated carbocycles. The van der Waals surface area contributed by atoms with Crippen LogP contribution in [0.25, 0.3) is 6.08 Å². The maximum Gasteiger partial charge on any atom is 0.246 e. The quantitative estimate of drug-likeness (QED) is 0.696. The van der Waals surface area contributed by atoms with Gasteiger partial charge in [0.1, 0.15) is 4.90 Å². The van der Waals surface area contributed by atoms with Gasteiger partial charge >= 0.3 is 0 Å². The SMILES string of the molecule is O=C(C=Cc1cccs1)N1CCN(S(=O)(=O)c2cc(Cl)ccc2Cl)CC1. The van der Waals surface area contributed by atoms with Gasteiger partial charge in [0.25, 0.3) is 0 Å². The van der Waals surface area contributed by atoms with E-state index in [2.05, 4.69) is 0 Å². The van der Waals surface area contributed by atoms with Crippen molar-refractivity contribution in [3.63, 3.8) is 0 Å². The number of hydrogen-bond acceptors (Lipinski definition) is 4. The van der Waals surface area contributed by atoms with Crippen LogP contribution in [-0.2, 0) is 14.8 Å². The van der Waals surface area contributed by atoms with Crippen molar-refractivity contribution >= 4 is 56.5 Å². The molecule has 0 N–H and O–H groups in total. The first kappa shape index (κ1) is 19.4. The molecule has 1 aliphatic heterocycles. The van der Waals surface area contributed by atoms with E-state index in [4.69, 9.17) is 23.2 Å². The molecule has 0 radical (unpaired) electrons. The van der Waals surface area contributed by atoms with Crippen LogP contribution in [0.3, 0.4) is 0 Å². The molecule has 0 unspecified atom stereocenters. The molecule has 1 amide bonds. The van der Waals surface area contributed by atoms with E-state index in [0.29, 0.717) is 18.1 Å². The van der Waals surface area contributed by atoms with E-state index in [1.807, 2.05) is 17.5 Å². The summed E-state index contributed by atoms with van der Waals surface area (Å²) in [5.74, 6) is -0.128. The molecular weight excluding hydrogens is 415 g/mol. The Morgan fingerprint density at radius 1 is 1.12 bits per heavy atom. The molecule has 1 aliphatic rings. The van der Waals surface area contributed by atoms with Crippen LogP contribution in [0.15, 0.2) is 46.7 Å². The molecular formula is C17H16Cl2N2O3S2. The third-order valence-electron chi connectivity index (χ3n) is 3.99. The normalized spacial score (nSPS) is 16.3. The van der Waals surface area contributed by atoms with Crippen LogP contribution in [0.4, 0.5) is 0 Å². The van der Waals surface area contributed by atoms with E-state index in [0.717, 1.165) is 4.88 Å². The first-order valence-corrected chi connectivity index (χ1v) is 10.9. The van der Waals surface area contributed by atoms with Crippen LogP contribution in [-0.4, -0.2) is 49.7 Å². The average molecular weight is 431 g/mol. The van der Waals surface area contributed by atoms with Crippen LogP contribution in [0.2, 0.25) is 10.0 Å². The predicted molar refractivity (Wildman–Crippen MR) is 105 cm³/mol. The van der Waals surface area contributed by atoms with E-state index in [1.54, 1.807) is 28.4 Å². The molecule has 1 saturated heterocycles. The number of piperazine rings is 1. The molecule has 0 atom stereocenters. The summed E-state index contributed by atoms with van der Waals surface area (Å²) >= 11 is 13.5. The van der Waals surface area contributed by atoms with Crippen LogP contribution >= 0.6 is 34.5 Å². The first-order chi connectivity index (χ1) is 12.4. The van der Waals surface area contributed by atoms with E-state index < -0.39 is 10.0 Å². The molecule has 1 aromatic carbocycles. The summed E-state index contributed by atoms with van der Waals surface area (Å²) in [5.41, 5.74) is 0. The lowest BCUT2D eigenvalue weighted by Crippen LogP contribution is -2.50. The van der Waals surface area contributed by atoms with Crippen molar-refractivity contribution in [3.05, 3.63) is 56.7 Å². The number of amides is 1. The smallest absolute Gasteiger partial charge is 0.246 e. The molecule has 3 rings (SSSR count). The number of nitrogens with zero attached hydrogens (tertiary/aromatic N) is 2. The van der Waals surface area contributed by atoms with Gasteiger partial charge in [-0.2, -0.15) is 4.31 Å². The molecule has 26 heavy (non-hydrogen) atoms. The second-order valence-electron chi connectivity index (χ2n) is 5.65. The second-order valence-corrected chi connectivity index (χ2v) is 9.38. The molecule has 5 nitrogen and oxygen atoms in total. The van der Waals surface area contributed by atoms with Crippen LogP contribution in [0.1, 0.15) is 4.88 Å². The Morgan fingerprint density at radius 3 is 2.50 bits per heavy atom. The van der Waals surface area contributed by atoms with Gasteiger partial charge in [-0.05, 0) is 35.7 Å². The highest BCUT2D eigenvalue weighted by Crippen LogP contribution is 2.28. The van der Waals surface area contributed by atoms with Crippen molar-refractivity contribution in [1.82, 2.24) is 9.21 Å². The summed E-state index contributed by atoms with van der Waals surface area (Å²) in [4.78, 5) is 14.9. The minimum Gasteiger partial charge on any atom is -0.337 e. The lowest BCUT2D eigenvalue weighted by atomic mass is 10.3. The number of carbonyl (C=O) groups is 1.